The lowest BCUT2D eigenvalue weighted by atomic mass is 10.3. The molecule has 7 heteroatoms. The van der Waals surface area contributed by atoms with Crippen molar-refractivity contribution in [3.05, 3.63) is 6.07 Å². The summed E-state index contributed by atoms with van der Waals surface area (Å²) in [7, 11) is 2.16. The molecular weight excluding hydrogens is 230 g/mol. The summed E-state index contributed by atoms with van der Waals surface area (Å²) in [5.41, 5.74) is 8.06. The van der Waals surface area contributed by atoms with Crippen LogP contribution in [0.3, 0.4) is 0 Å². The predicted octanol–water partition coefficient (Wildman–Crippen LogP) is 0.239. The van der Waals surface area contributed by atoms with Gasteiger partial charge >= 0.3 is 0 Å². The molecule has 0 saturated heterocycles. The molecule has 2 rings (SSSR count). The molecule has 0 aromatic carbocycles. The number of hydrogen-bond donors (Lipinski definition) is 4. The van der Waals surface area contributed by atoms with Gasteiger partial charge in [-0.2, -0.15) is 9.97 Å². The van der Waals surface area contributed by atoms with E-state index in [9.17, 15) is 0 Å². The van der Waals surface area contributed by atoms with Crippen LogP contribution in [-0.2, 0) is 0 Å². The Morgan fingerprint density at radius 3 is 2.72 bits per heavy atom. The molecule has 7 nitrogen and oxygen atoms in total. The van der Waals surface area contributed by atoms with Gasteiger partial charge in [-0.15, -0.1) is 0 Å². The highest BCUT2D eigenvalue weighted by atomic mass is 15.3. The lowest BCUT2D eigenvalue weighted by Crippen LogP contribution is -2.36. The number of nitrogens with zero attached hydrogens (tertiary/aromatic N) is 3. The second kappa shape index (κ2) is 5.36. The first-order valence-corrected chi connectivity index (χ1v) is 6.17. The summed E-state index contributed by atoms with van der Waals surface area (Å²) < 4.78 is 0. The maximum absolute atomic E-state index is 5.59. The Kier molecular flexibility index (Phi) is 3.83. The third-order valence-corrected chi connectivity index (χ3v) is 3.29. The van der Waals surface area contributed by atoms with Gasteiger partial charge in [0, 0.05) is 24.7 Å². The molecule has 1 fully saturated rings. The predicted molar refractivity (Wildman–Crippen MR) is 73.0 cm³/mol. The highest BCUT2D eigenvalue weighted by molar-refractivity contribution is 5.50. The summed E-state index contributed by atoms with van der Waals surface area (Å²) >= 11 is 0. The van der Waals surface area contributed by atoms with Crippen LogP contribution in [0.1, 0.15) is 19.8 Å². The zero-order valence-corrected chi connectivity index (χ0v) is 10.8. The zero-order valence-electron chi connectivity index (χ0n) is 10.8. The molecule has 1 atom stereocenters. The molecule has 100 valence electrons. The van der Waals surface area contributed by atoms with E-state index in [4.69, 9.17) is 11.6 Å². The molecule has 1 unspecified atom stereocenters. The van der Waals surface area contributed by atoms with Crippen molar-refractivity contribution in [3.8, 4) is 0 Å². The molecular formula is C11H21N7. The van der Waals surface area contributed by atoms with E-state index in [2.05, 4.69) is 39.6 Å². The molecule has 1 aromatic heterocycles. The van der Waals surface area contributed by atoms with Crippen molar-refractivity contribution in [2.24, 2.45) is 5.84 Å². The molecule has 0 amide bonds. The summed E-state index contributed by atoms with van der Waals surface area (Å²) in [6, 6.07) is 2.93. The van der Waals surface area contributed by atoms with Crippen molar-refractivity contribution in [3.63, 3.8) is 0 Å². The van der Waals surface area contributed by atoms with Gasteiger partial charge in [0.1, 0.15) is 11.6 Å². The van der Waals surface area contributed by atoms with Gasteiger partial charge < -0.3 is 16.5 Å². The lowest BCUT2D eigenvalue weighted by molar-refractivity contribution is 0.257. The van der Waals surface area contributed by atoms with E-state index in [1.54, 1.807) is 6.07 Å². The highest BCUT2D eigenvalue weighted by Gasteiger charge is 2.28. The molecule has 0 aliphatic heterocycles. The Hall–Kier alpha value is -1.60. The fourth-order valence-corrected chi connectivity index (χ4v) is 1.87. The number of anilines is 3. The molecule has 1 aliphatic carbocycles. The largest absolute Gasteiger partial charge is 0.368 e. The number of nitrogen functional groups attached to an aromatic ring is 2. The van der Waals surface area contributed by atoms with E-state index in [0.717, 1.165) is 12.6 Å². The second-order valence-electron chi connectivity index (χ2n) is 4.77. The topological polar surface area (TPSA) is 105 Å². The molecule has 6 N–H and O–H groups in total. The third-order valence-electron chi connectivity index (χ3n) is 3.29. The Bertz CT molecular complexity index is 404. The Morgan fingerprint density at radius 1 is 1.44 bits per heavy atom. The van der Waals surface area contributed by atoms with Crippen molar-refractivity contribution < 1.29 is 0 Å². The Labute approximate surface area is 107 Å². The van der Waals surface area contributed by atoms with E-state index in [-0.39, 0.29) is 5.95 Å². The molecule has 1 aliphatic rings. The number of nitrogens with one attached hydrogen (secondary N) is 2. The van der Waals surface area contributed by atoms with Crippen LogP contribution in [-0.4, -0.2) is 40.5 Å². The minimum atomic E-state index is 0.205. The van der Waals surface area contributed by atoms with Crippen molar-refractivity contribution >= 4 is 17.6 Å². The number of likely N-dealkylation sites (N-methyl/N-ethyl adjacent to an activating group) is 1. The molecule has 1 aromatic rings. The molecule has 0 spiro atoms. The summed E-state index contributed by atoms with van der Waals surface area (Å²) in [5.74, 6) is 6.71. The van der Waals surface area contributed by atoms with E-state index in [1.165, 1.54) is 12.8 Å². The van der Waals surface area contributed by atoms with Gasteiger partial charge in [-0.3, -0.25) is 4.90 Å². The van der Waals surface area contributed by atoms with Crippen molar-refractivity contribution in [1.29, 1.82) is 0 Å². The van der Waals surface area contributed by atoms with Crippen LogP contribution in [0.2, 0.25) is 0 Å². The van der Waals surface area contributed by atoms with Crippen LogP contribution < -0.4 is 22.3 Å². The van der Waals surface area contributed by atoms with Gasteiger partial charge in [-0.1, -0.05) is 0 Å². The van der Waals surface area contributed by atoms with Crippen LogP contribution in [0, 0.1) is 0 Å². The Morgan fingerprint density at radius 2 is 2.11 bits per heavy atom. The van der Waals surface area contributed by atoms with Gasteiger partial charge in [0.05, 0.1) is 0 Å². The van der Waals surface area contributed by atoms with Crippen LogP contribution >= 0.6 is 0 Å². The first-order valence-electron chi connectivity index (χ1n) is 6.17. The second-order valence-corrected chi connectivity index (χ2v) is 4.77. The highest BCUT2D eigenvalue weighted by Crippen LogP contribution is 2.26. The normalized spacial score (nSPS) is 16.7. The van der Waals surface area contributed by atoms with E-state index in [1.807, 2.05) is 0 Å². The minimum Gasteiger partial charge on any atom is -0.368 e. The van der Waals surface area contributed by atoms with Crippen LogP contribution in [0.5, 0.6) is 0 Å². The van der Waals surface area contributed by atoms with E-state index < -0.39 is 0 Å². The zero-order chi connectivity index (χ0) is 13.1. The van der Waals surface area contributed by atoms with Gasteiger partial charge in [-0.05, 0) is 26.8 Å². The maximum atomic E-state index is 5.59. The molecule has 1 saturated carbocycles. The van der Waals surface area contributed by atoms with Gasteiger partial charge in [0.2, 0.25) is 5.95 Å². The minimum absolute atomic E-state index is 0.205. The number of nitrogens with two attached hydrogens (primary N) is 2. The molecule has 18 heavy (non-hydrogen) atoms. The average Bonchev–Trinajstić information content (AvgIpc) is 3.18. The number of hydrogen-bond acceptors (Lipinski definition) is 7. The average molecular weight is 251 g/mol. The summed E-state index contributed by atoms with van der Waals surface area (Å²) in [6.07, 6.45) is 2.62. The van der Waals surface area contributed by atoms with Crippen LogP contribution in [0.15, 0.2) is 6.07 Å². The smallest absolute Gasteiger partial charge is 0.223 e. The quantitative estimate of drug-likeness (QED) is 0.424. The molecule has 1 heterocycles. The summed E-state index contributed by atoms with van der Waals surface area (Å²) in [5, 5.41) is 3.26. The SMILES string of the molecule is CC(CNc1cc(NN)nc(N)n1)N(C)C1CC1. The van der Waals surface area contributed by atoms with Crippen LogP contribution in [0.25, 0.3) is 0 Å². The standard InChI is InChI=1S/C11H21N7/c1-7(18(2)8-3-4-8)6-14-9-5-10(17-13)16-11(12)15-9/h5,7-8H,3-4,6,13H2,1-2H3,(H4,12,14,15,16,17). The maximum Gasteiger partial charge on any atom is 0.223 e. The first kappa shape index (κ1) is 12.8. The van der Waals surface area contributed by atoms with Crippen molar-refractivity contribution in [1.82, 2.24) is 14.9 Å². The van der Waals surface area contributed by atoms with Gasteiger partial charge in [-0.25, -0.2) is 5.84 Å². The van der Waals surface area contributed by atoms with Gasteiger partial charge in [0.15, 0.2) is 0 Å². The first-order chi connectivity index (χ1) is 8.60. The van der Waals surface area contributed by atoms with E-state index in [0.29, 0.717) is 17.7 Å². The fraction of sp³-hybridized carbons (Fsp3) is 0.636. The number of hydrazine groups is 1. The Balaban J connectivity index is 1.90. The number of aromatic nitrogens is 2. The van der Waals surface area contributed by atoms with Crippen molar-refractivity contribution in [2.75, 3.05) is 30.1 Å². The third kappa shape index (κ3) is 3.21. The van der Waals surface area contributed by atoms with Gasteiger partial charge in [0.25, 0.3) is 0 Å². The fourth-order valence-electron chi connectivity index (χ4n) is 1.87. The number of rotatable bonds is 6. The molecule has 0 radical (unpaired) electrons. The molecule has 0 bridgehead atoms. The summed E-state index contributed by atoms with van der Waals surface area (Å²) in [4.78, 5) is 10.4. The van der Waals surface area contributed by atoms with Crippen molar-refractivity contribution in [2.45, 2.75) is 31.8 Å². The van der Waals surface area contributed by atoms with E-state index >= 15 is 0 Å². The monoisotopic (exact) mass is 251 g/mol. The van der Waals surface area contributed by atoms with Crippen LogP contribution in [0.4, 0.5) is 17.6 Å². The lowest BCUT2D eigenvalue weighted by Gasteiger charge is -2.24. The summed E-state index contributed by atoms with van der Waals surface area (Å²) in [6.45, 7) is 3.01.